The van der Waals surface area contributed by atoms with Crippen molar-refractivity contribution >= 4 is 39.8 Å². The molecule has 0 aromatic carbocycles. The van der Waals surface area contributed by atoms with Crippen LogP contribution >= 0.6 is 11.3 Å². The zero-order valence-corrected chi connectivity index (χ0v) is 13.3. The van der Waals surface area contributed by atoms with Gasteiger partial charge in [-0.2, -0.15) is 0 Å². The van der Waals surface area contributed by atoms with E-state index in [0.29, 0.717) is 27.8 Å². The van der Waals surface area contributed by atoms with Gasteiger partial charge in [-0.25, -0.2) is 0 Å². The lowest BCUT2D eigenvalue weighted by atomic mass is 10.1. The molecule has 0 unspecified atom stereocenters. The van der Waals surface area contributed by atoms with Crippen LogP contribution < -0.4 is 10.6 Å². The van der Waals surface area contributed by atoms with Crippen LogP contribution in [0.4, 0.5) is 5.00 Å². The molecule has 2 amide bonds. The third kappa shape index (κ3) is 2.65. The molecule has 0 radical (unpaired) electrons. The molecule has 1 aliphatic heterocycles. The first-order valence-electron chi connectivity index (χ1n) is 7.32. The Morgan fingerprint density at radius 2 is 2.25 bits per heavy atom. The van der Waals surface area contributed by atoms with Crippen LogP contribution in [0, 0.1) is 0 Å². The van der Waals surface area contributed by atoms with Crippen molar-refractivity contribution in [3.63, 3.8) is 0 Å². The summed E-state index contributed by atoms with van der Waals surface area (Å²) in [4.78, 5) is 27.9. The number of rotatable bonds is 4. The van der Waals surface area contributed by atoms with Gasteiger partial charge in [-0.1, -0.05) is 0 Å². The first-order valence-corrected chi connectivity index (χ1v) is 8.13. The molecule has 0 bridgehead atoms. The highest BCUT2D eigenvalue weighted by Crippen LogP contribution is 2.39. The molecule has 3 N–H and O–H groups in total. The number of anilines is 1. The lowest BCUT2D eigenvalue weighted by Gasteiger charge is -2.01. The molecule has 4 rings (SSSR count). The van der Waals surface area contributed by atoms with E-state index in [9.17, 15) is 9.59 Å². The first-order chi connectivity index (χ1) is 11.7. The average Bonchev–Trinajstić information content (AvgIpc) is 3.32. The highest BCUT2D eigenvalue weighted by atomic mass is 32.1. The minimum atomic E-state index is -0.195. The van der Waals surface area contributed by atoms with Crippen molar-refractivity contribution in [3.05, 3.63) is 64.7 Å². The van der Waals surface area contributed by atoms with E-state index in [0.717, 1.165) is 11.3 Å². The maximum absolute atomic E-state index is 12.3. The molecule has 1 aliphatic rings. The molecule has 0 fully saturated rings. The molecule has 6 nitrogen and oxygen atoms in total. The maximum atomic E-state index is 12.3. The second-order valence-corrected chi connectivity index (χ2v) is 6.31. The summed E-state index contributed by atoms with van der Waals surface area (Å²) in [6.45, 7) is 0.325. The van der Waals surface area contributed by atoms with Gasteiger partial charge in [-0.3, -0.25) is 9.59 Å². The number of H-pyrrole nitrogens is 1. The minimum Gasteiger partial charge on any atom is -0.467 e. The van der Waals surface area contributed by atoms with E-state index in [4.69, 9.17) is 4.42 Å². The maximum Gasteiger partial charge on any atom is 0.261 e. The third-order valence-electron chi connectivity index (χ3n) is 3.64. The Bertz CT molecular complexity index is 921. The van der Waals surface area contributed by atoms with Crippen LogP contribution in [0.15, 0.2) is 47.2 Å². The summed E-state index contributed by atoms with van der Waals surface area (Å²) in [5.41, 5.74) is 2.14. The summed E-state index contributed by atoms with van der Waals surface area (Å²) in [5, 5.41) is 6.30. The molecule has 7 heteroatoms. The van der Waals surface area contributed by atoms with Gasteiger partial charge in [0, 0.05) is 17.5 Å². The van der Waals surface area contributed by atoms with Crippen LogP contribution in [0.1, 0.15) is 26.7 Å². The molecular weight excluding hydrogens is 326 g/mol. The van der Waals surface area contributed by atoms with Crippen molar-refractivity contribution in [1.29, 1.82) is 0 Å². The van der Waals surface area contributed by atoms with E-state index in [-0.39, 0.29) is 11.8 Å². The van der Waals surface area contributed by atoms with E-state index in [1.54, 1.807) is 36.7 Å². The molecule has 3 aromatic heterocycles. The van der Waals surface area contributed by atoms with Crippen LogP contribution in [0.25, 0.3) is 11.6 Å². The molecule has 120 valence electrons. The highest BCUT2D eigenvalue weighted by molar-refractivity contribution is 7.18. The second kappa shape index (κ2) is 5.86. The number of carbonyl (C=O) groups excluding carboxylic acids is 2. The van der Waals surface area contributed by atoms with Crippen LogP contribution in [0.2, 0.25) is 0 Å². The second-order valence-electron chi connectivity index (χ2n) is 5.25. The van der Waals surface area contributed by atoms with Gasteiger partial charge in [-0.05, 0) is 36.4 Å². The number of hydrogen-bond donors (Lipinski definition) is 3. The molecule has 24 heavy (non-hydrogen) atoms. The summed E-state index contributed by atoms with van der Waals surface area (Å²) < 4.78 is 5.19. The van der Waals surface area contributed by atoms with Gasteiger partial charge in [0.05, 0.1) is 23.3 Å². The zero-order valence-electron chi connectivity index (χ0n) is 12.5. The lowest BCUT2D eigenvalue weighted by Crippen LogP contribution is -2.21. The van der Waals surface area contributed by atoms with Gasteiger partial charge in [0.1, 0.15) is 10.8 Å². The largest absolute Gasteiger partial charge is 0.467 e. The Morgan fingerprint density at radius 3 is 3.00 bits per heavy atom. The van der Waals surface area contributed by atoms with Crippen molar-refractivity contribution < 1.29 is 14.0 Å². The number of nitrogens with one attached hydrogen (secondary N) is 3. The smallest absolute Gasteiger partial charge is 0.261 e. The predicted octanol–water partition coefficient (Wildman–Crippen LogP) is 3.09. The average molecular weight is 339 g/mol. The Hall–Kier alpha value is -3.06. The lowest BCUT2D eigenvalue weighted by molar-refractivity contribution is -0.110. The zero-order chi connectivity index (χ0) is 16.5. The number of carbonyl (C=O) groups is 2. The Labute approximate surface area is 141 Å². The molecular formula is C17H13N3O3S. The highest BCUT2D eigenvalue weighted by Gasteiger charge is 2.28. The van der Waals surface area contributed by atoms with E-state index >= 15 is 0 Å². The molecule has 0 saturated carbocycles. The summed E-state index contributed by atoms with van der Waals surface area (Å²) >= 11 is 1.26. The fourth-order valence-electron chi connectivity index (χ4n) is 2.49. The summed E-state index contributed by atoms with van der Waals surface area (Å²) in [5.74, 6) is 0.334. The Morgan fingerprint density at radius 1 is 1.33 bits per heavy atom. The molecule has 3 aromatic rings. The van der Waals surface area contributed by atoms with Gasteiger partial charge in [0.25, 0.3) is 11.8 Å². The van der Waals surface area contributed by atoms with E-state index in [2.05, 4.69) is 15.6 Å². The molecule has 0 saturated heterocycles. The standard InChI is InChI=1S/C17H13N3O3S/c21-15-12(7-10-3-1-5-18-10)13-8-14(24-17(13)20-15)16(22)19-9-11-4-2-6-23-11/h1-8,18H,9H2,(H,19,22)(H,20,21). The Balaban J connectivity index is 1.55. The number of aromatic amines is 1. The molecule has 0 atom stereocenters. The number of hydrogen-bond acceptors (Lipinski definition) is 4. The van der Waals surface area contributed by atoms with Gasteiger partial charge >= 0.3 is 0 Å². The molecule has 0 aliphatic carbocycles. The summed E-state index contributed by atoms with van der Waals surface area (Å²) in [6.07, 6.45) is 5.13. The van der Waals surface area contributed by atoms with Gasteiger partial charge in [-0.15, -0.1) is 11.3 Å². The van der Waals surface area contributed by atoms with Crippen LogP contribution in [0.5, 0.6) is 0 Å². The van der Waals surface area contributed by atoms with Crippen molar-refractivity contribution in [1.82, 2.24) is 10.3 Å². The van der Waals surface area contributed by atoms with Crippen molar-refractivity contribution in [3.8, 4) is 0 Å². The minimum absolute atomic E-state index is 0.159. The topological polar surface area (TPSA) is 87.1 Å². The van der Waals surface area contributed by atoms with E-state index in [1.165, 1.54) is 11.3 Å². The number of fused-ring (bicyclic) bond motifs is 1. The van der Waals surface area contributed by atoms with Gasteiger partial charge < -0.3 is 20.0 Å². The fraction of sp³-hybridized carbons (Fsp3) is 0.0588. The van der Waals surface area contributed by atoms with Gasteiger partial charge in [0.15, 0.2) is 0 Å². The van der Waals surface area contributed by atoms with Crippen LogP contribution in [0.3, 0.4) is 0 Å². The molecule has 4 heterocycles. The number of amides is 2. The van der Waals surface area contributed by atoms with Crippen molar-refractivity contribution in [2.45, 2.75) is 6.54 Å². The van der Waals surface area contributed by atoms with Crippen molar-refractivity contribution in [2.75, 3.05) is 5.32 Å². The SMILES string of the molecule is O=C1Nc2sc(C(=O)NCc3ccco3)cc2C1=Cc1ccc[nH]1. The van der Waals surface area contributed by atoms with Crippen molar-refractivity contribution in [2.24, 2.45) is 0 Å². The predicted molar refractivity (Wildman–Crippen MR) is 91.5 cm³/mol. The van der Waals surface area contributed by atoms with Crippen LogP contribution in [-0.4, -0.2) is 16.8 Å². The number of furan rings is 1. The van der Waals surface area contributed by atoms with E-state index in [1.807, 2.05) is 12.1 Å². The first kappa shape index (κ1) is 14.5. The Kier molecular flexibility index (Phi) is 3.55. The quantitative estimate of drug-likeness (QED) is 0.638. The monoisotopic (exact) mass is 339 g/mol. The fourth-order valence-corrected chi connectivity index (χ4v) is 3.47. The third-order valence-corrected chi connectivity index (χ3v) is 4.69. The van der Waals surface area contributed by atoms with E-state index < -0.39 is 0 Å². The molecule has 0 spiro atoms. The normalized spacial score (nSPS) is 14.7. The number of thiophene rings is 1. The summed E-state index contributed by atoms with van der Waals surface area (Å²) in [7, 11) is 0. The van der Waals surface area contributed by atoms with Crippen LogP contribution in [-0.2, 0) is 11.3 Å². The summed E-state index contributed by atoms with van der Waals surface area (Å²) in [6, 6.07) is 9.05. The number of aromatic nitrogens is 1. The van der Waals surface area contributed by atoms with Gasteiger partial charge in [0.2, 0.25) is 0 Å².